The molecule has 5 heteroatoms. The van der Waals surface area contributed by atoms with Crippen molar-refractivity contribution < 1.29 is 0 Å². The van der Waals surface area contributed by atoms with Gasteiger partial charge in [0.05, 0.1) is 6.04 Å². The highest BCUT2D eigenvalue weighted by molar-refractivity contribution is 6.31. The summed E-state index contributed by atoms with van der Waals surface area (Å²) in [5.74, 6) is 1.49. The zero-order valence-electron chi connectivity index (χ0n) is 12.0. The van der Waals surface area contributed by atoms with E-state index in [0.717, 1.165) is 22.0 Å². The molecule has 106 valence electrons. The zero-order valence-corrected chi connectivity index (χ0v) is 13.5. The number of hydrogen-bond acceptors (Lipinski definition) is 3. The summed E-state index contributed by atoms with van der Waals surface area (Å²) in [6.45, 7) is 5.85. The third-order valence-electron chi connectivity index (χ3n) is 3.44. The van der Waals surface area contributed by atoms with Gasteiger partial charge < -0.3 is 4.90 Å². The molecule has 0 fully saturated rings. The number of benzene rings is 1. The van der Waals surface area contributed by atoms with Crippen molar-refractivity contribution in [2.24, 2.45) is 0 Å². The minimum absolute atomic E-state index is 0.0905. The van der Waals surface area contributed by atoms with E-state index in [-0.39, 0.29) is 6.04 Å². The number of hydrogen-bond donors (Lipinski definition) is 0. The molecular formula is C15H17Cl2N3. The molecule has 0 aliphatic carbocycles. The lowest BCUT2D eigenvalue weighted by atomic mass is 10.1. The first-order valence-corrected chi connectivity index (χ1v) is 7.15. The maximum atomic E-state index is 6.27. The summed E-state index contributed by atoms with van der Waals surface area (Å²) < 4.78 is 0. The van der Waals surface area contributed by atoms with Gasteiger partial charge in [0.15, 0.2) is 0 Å². The minimum Gasteiger partial charge on any atom is -0.352 e. The van der Waals surface area contributed by atoms with Crippen LogP contribution >= 0.6 is 23.2 Å². The van der Waals surface area contributed by atoms with E-state index in [1.54, 1.807) is 0 Å². The second kappa shape index (κ2) is 5.98. The lowest BCUT2D eigenvalue weighted by Gasteiger charge is -2.28. The molecule has 1 aromatic carbocycles. The molecule has 0 radical (unpaired) electrons. The monoisotopic (exact) mass is 309 g/mol. The third-order valence-corrected chi connectivity index (χ3v) is 4.16. The van der Waals surface area contributed by atoms with Gasteiger partial charge in [-0.25, -0.2) is 9.97 Å². The second-order valence-electron chi connectivity index (χ2n) is 4.82. The van der Waals surface area contributed by atoms with E-state index < -0.39 is 0 Å². The van der Waals surface area contributed by atoms with Gasteiger partial charge in [0.25, 0.3) is 0 Å². The average molecular weight is 310 g/mol. The van der Waals surface area contributed by atoms with Crippen LogP contribution in [0.1, 0.15) is 29.9 Å². The number of anilines is 1. The summed E-state index contributed by atoms with van der Waals surface area (Å²) in [5.41, 5.74) is 1.93. The Kier molecular flexibility index (Phi) is 4.51. The van der Waals surface area contributed by atoms with Gasteiger partial charge in [0.2, 0.25) is 0 Å². The molecule has 1 heterocycles. The maximum absolute atomic E-state index is 6.27. The molecule has 2 aromatic rings. The first kappa shape index (κ1) is 15.1. The summed E-state index contributed by atoms with van der Waals surface area (Å²) in [6.07, 6.45) is 0. The van der Waals surface area contributed by atoms with Gasteiger partial charge in [0, 0.05) is 17.6 Å². The van der Waals surface area contributed by atoms with E-state index in [1.807, 2.05) is 45.2 Å². The van der Waals surface area contributed by atoms with E-state index in [0.29, 0.717) is 11.0 Å². The number of aryl methyl sites for hydroxylation is 1. The first-order valence-electron chi connectivity index (χ1n) is 6.39. The molecule has 0 aliphatic heterocycles. The molecule has 20 heavy (non-hydrogen) atoms. The zero-order chi connectivity index (χ0) is 14.9. The maximum Gasteiger partial charge on any atom is 0.137 e. The summed E-state index contributed by atoms with van der Waals surface area (Å²) >= 11 is 12.4. The molecule has 0 amide bonds. The molecule has 0 bridgehead atoms. The number of nitrogens with zero attached hydrogens (tertiary/aromatic N) is 3. The molecule has 1 aromatic heterocycles. The SMILES string of the molecule is Cc1nc(Cl)c(C)c(N(C)C(C)c2ccccc2Cl)n1. The van der Waals surface area contributed by atoms with Crippen LogP contribution in [0.5, 0.6) is 0 Å². The predicted octanol–water partition coefficient (Wildman–Crippen LogP) is 4.60. The Hall–Kier alpha value is -1.32. The highest BCUT2D eigenvalue weighted by Gasteiger charge is 2.19. The van der Waals surface area contributed by atoms with E-state index in [9.17, 15) is 0 Å². The molecule has 1 atom stereocenters. The predicted molar refractivity (Wildman–Crippen MR) is 84.8 cm³/mol. The summed E-state index contributed by atoms with van der Waals surface area (Å²) in [5, 5.41) is 1.24. The normalized spacial score (nSPS) is 12.3. The van der Waals surface area contributed by atoms with Crippen LogP contribution in [0.4, 0.5) is 5.82 Å². The van der Waals surface area contributed by atoms with Crippen molar-refractivity contribution in [2.45, 2.75) is 26.8 Å². The van der Waals surface area contributed by atoms with Crippen LogP contribution in [0.2, 0.25) is 10.2 Å². The fourth-order valence-corrected chi connectivity index (χ4v) is 2.63. The average Bonchev–Trinajstić information content (AvgIpc) is 2.42. The van der Waals surface area contributed by atoms with Gasteiger partial charge in [0.1, 0.15) is 16.8 Å². The van der Waals surface area contributed by atoms with E-state index in [4.69, 9.17) is 23.2 Å². The van der Waals surface area contributed by atoms with E-state index >= 15 is 0 Å². The van der Waals surface area contributed by atoms with Crippen LogP contribution in [-0.2, 0) is 0 Å². The molecule has 0 aliphatic rings. The summed E-state index contributed by atoms with van der Waals surface area (Å²) in [6, 6.07) is 7.92. The van der Waals surface area contributed by atoms with E-state index in [1.165, 1.54) is 0 Å². The van der Waals surface area contributed by atoms with E-state index in [2.05, 4.69) is 21.8 Å². The molecule has 0 saturated carbocycles. The van der Waals surface area contributed by atoms with Crippen molar-refractivity contribution in [1.82, 2.24) is 9.97 Å². The molecule has 0 saturated heterocycles. The Morgan fingerprint density at radius 3 is 2.40 bits per heavy atom. The van der Waals surface area contributed by atoms with Gasteiger partial charge in [-0.05, 0) is 32.4 Å². The van der Waals surface area contributed by atoms with Crippen molar-refractivity contribution in [3.63, 3.8) is 0 Å². The Balaban J connectivity index is 2.41. The first-order chi connectivity index (χ1) is 9.41. The third kappa shape index (κ3) is 2.89. The number of aromatic nitrogens is 2. The Labute approximate surface area is 129 Å². The van der Waals surface area contributed by atoms with Gasteiger partial charge in [-0.2, -0.15) is 0 Å². The minimum atomic E-state index is 0.0905. The van der Waals surface area contributed by atoms with Gasteiger partial charge in [-0.15, -0.1) is 0 Å². The highest BCUT2D eigenvalue weighted by atomic mass is 35.5. The Morgan fingerprint density at radius 2 is 1.75 bits per heavy atom. The number of rotatable bonds is 3. The van der Waals surface area contributed by atoms with Crippen LogP contribution in [-0.4, -0.2) is 17.0 Å². The summed E-state index contributed by atoms with van der Waals surface area (Å²) in [4.78, 5) is 10.7. The van der Waals surface area contributed by atoms with Crippen LogP contribution < -0.4 is 4.90 Å². The largest absolute Gasteiger partial charge is 0.352 e. The van der Waals surface area contributed by atoms with Gasteiger partial charge in [-0.3, -0.25) is 0 Å². The van der Waals surface area contributed by atoms with Crippen LogP contribution in [0.25, 0.3) is 0 Å². The molecule has 0 N–H and O–H groups in total. The lowest BCUT2D eigenvalue weighted by molar-refractivity contribution is 0.721. The quantitative estimate of drug-likeness (QED) is 0.776. The van der Waals surface area contributed by atoms with Crippen molar-refractivity contribution in [3.8, 4) is 0 Å². The lowest BCUT2D eigenvalue weighted by Crippen LogP contribution is -2.24. The van der Waals surface area contributed by atoms with Gasteiger partial charge in [-0.1, -0.05) is 41.4 Å². The van der Waals surface area contributed by atoms with Crippen molar-refractivity contribution in [2.75, 3.05) is 11.9 Å². The molecular weight excluding hydrogens is 293 g/mol. The molecule has 0 spiro atoms. The standard InChI is InChI=1S/C15H17Cl2N3/c1-9-14(17)18-11(3)19-15(9)20(4)10(2)12-7-5-6-8-13(12)16/h5-8,10H,1-4H3. The van der Waals surface area contributed by atoms with Crippen molar-refractivity contribution in [3.05, 3.63) is 51.4 Å². The topological polar surface area (TPSA) is 29.0 Å². The van der Waals surface area contributed by atoms with Crippen molar-refractivity contribution in [1.29, 1.82) is 0 Å². The van der Waals surface area contributed by atoms with Crippen molar-refractivity contribution >= 4 is 29.0 Å². The van der Waals surface area contributed by atoms with Gasteiger partial charge >= 0.3 is 0 Å². The second-order valence-corrected chi connectivity index (χ2v) is 5.58. The fourth-order valence-electron chi connectivity index (χ4n) is 2.13. The Bertz CT molecular complexity index is 629. The molecule has 1 unspecified atom stereocenters. The van der Waals surface area contributed by atoms with Crippen LogP contribution in [0.3, 0.4) is 0 Å². The smallest absolute Gasteiger partial charge is 0.137 e. The highest BCUT2D eigenvalue weighted by Crippen LogP contribution is 2.32. The Morgan fingerprint density at radius 1 is 1.10 bits per heavy atom. The number of halogens is 2. The molecule has 3 nitrogen and oxygen atoms in total. The molecule has 2 rings (SSSR count). The van der Waals surface area contributed by atoms with Crippen LogP contribution in [0, 0.1) is 13.8 Å². The fraction of sp³-hybridized carbons (Fsp3) is 0.333. The summed E-state index contributed by atoms with van der Waals surface area (Å²) in [7, 11) is 1.99. The van der Waals surface area contributed by atoms with Crippen LogP contribution in [0.15, 0.2) is 24.3 Å².